The number of halogens is 3. The molecule has 0 aliphatic carbocycles. The van der Waals surface area contributed by atoms with E-state index in [2.05, 4.69) is 20.7 Å². The Morgan fingerprint density at radius 1 is 1.00 bits per heavy atom. The second-order valence-electron chi connectivity index (χ2n) is 4.60. The highest BCUT2D eigenvalue weighted by Gasteiger charge is 2.22. The first-order valence-corrected chi connectivity index (χ1v) is 8.98. The Bertz CT molecular complexity index is 784. The largest absolute Gasteiger partial charge is 0.280 e. The van der Waals surface area contributed by atoms with Gasteiger partial charge in [0.2, 0.25) is 0 Å². The first-order chi connectivity index (χ1) is 9.70. The third-order valence-corrected chi connectivity index (χ3v) is 5.75. The van der Waals surface area contributed by atoms with Crippen LogP contribution in [0.5, 0.6) is 0 Å². The zero-order valence-electron chi connectivity index (χ0n) is 11.2. The third kappa shape index (κ3) is 3.72. The van der Waals surface area contributed by atoms with Crippen molar-refractivity contribution in [3.8, 4) is 0 Å². The monoisotopic (exact) mass is 407 g/mol. The van der Waals surface area contributed by atoms with Crippen LogP contribution in [0.4, 0.5) is 5.69 Å². The van der Waals surface area contributed by atoms with Crippen LogP contribution in [0.2, 0.25) is 10.0 Å². The van der Waals surface area contributed by atoms with E-state index in [1.54, 1.807) is 12.1 Å². The van der Waals surface area contributed by atoms with Crippen LogP contribution in [0, 0.1) is 13.8 Å². The molecule has 0 amide bonds. The summed E-state index contributed by atoms with van der Waals surface area (Å²) in [6.45, 7) is 3.86. The van der Waals surface area contributed by atoms with Crippen molar-refractivity contribution in [2.24, 2.45) is 0 Å². The van der Waals surface area contributed by atoms with E-state index in [9.17, 15) is 8.42 Å². The average Bonchev–Trinajstić information content (AvgIpc) is 2.31. The van der Waals surface area contributed by atoms with E-state index in [0.717, 1.165) is 11.1 Å². The molecule has 0 fully saturated rings. The number of hydrogen-bond acceptors (Lipinski definition) is 2. The minimum atomic E-state index is -3.86. The number of sulfonamides is 1. The van der Waals surface area contributed by atoms with Gasteiger partial charge < -0.3 is 0 Å². The van der Waals surface area contributed by atoms with E-state index in [4.69, 9.17) is 23.2 Å². The van der Waals surface area contributed by atoms with Gasteiger partial charge in [0.05, 0.1) is 10.0 Å². The molecule has 2 aromatic carbocycles. The molecule has 0 bridgehead atoms. The first kappa shape index (κ1) is 16.6. The van der Waals surface area contributed by atoms with Crippen molar-refractivity contribution < 1.29 is 8.42 Å². The van der Waals surface area contributed by atoms with Crippen LogP contribution >= 0.6 is 39.1 Å². The zero-order valence-corrected chi connectivity index (χ0v) is 15.2. The van der Waals surface area contributed by atoms with E-state index in [0.29, 0.717) is 10.2 Å². The maximum Gasteiger partial charge on any atom is 0.264 e. The van der Waals surface area contributed by atoms with Gasteiger partial charge in [0, 0.05) is 10.2 Å². The second kappa shape index (κ2) is 6.16. The molecule has 3 nitrogen and oxygen atoms in total. The van der Waals surface area contributed by atoms with Crippen LogP contribution < -0.4 is 4.72 Å². The van der Waals surface area contributed by atoms with Crippen LogP contribution in [0.3, 0.4) is 0 Å². The molecule has 0 aliphatic rings. The molecular formula is C14H12BrCl2NO2S. The Morgan fingerprint density at radius 2 is 1.57 bits per heavy atom. The molecule has 112 valence electrons. The van der Waals surface area contributed by atoms with Crippen molar-refractivity contribution in [1.82, 2.24) is 0 Å². The van der Waals surface area contributed by atoms with E-state index in [1.807, 2.05) is 19.9 Å². The van der Waals surface area contributed by atoms with Crippen molar-refractivity contribution in [3.05, 3.63) is 56.0 Å². The predicted molar refractivity (Wildman–Crippen MR) is 90.9 cm³/mol. The summed E-state index contributed by atoms with van der Waals surface area (Å²) < 4.78 is 28.0. The summed E-state index contributed by atoms with van der Waals surface area (Å²) in [6.07, 6.45) is 0. The lowest BCUT2D eigenvalue weighted by atomic mass is 10.1. The molecule has 0 aromatic heterocycles. The Kier molecular flexibility index (Phi) is 4.88. The topological polar surface area (TPSA) is 46.2 Å². The summed E-state index contributed by atoms with van der Waals surface area (Å²) in [6, 6.07) is 8.27. The molecule has 0 aliphatic heterocycles. The standard InChI is InChI=1S/C14H12BrCl2NO2S/c1-8-3-4-11(5-9(8)2)18-21(19,20)14-12(16)6-10(15)7-13(14)17/h3-7,18H,1-2H3. The number of hydrogen-bond donors (Lipinski definition) is 1. The second-order valence-corrected chi connectivity index (χ2v) is 7.95. The molecule has 0 atom stereocenters. The summed E-state index contributed by atoms with van der Waals surface area (Å²) in [5.74, 6) is 0. The van der Waals surface area contributed by atoms with Crippen LogP contribution in [0.25, 0.3) is 0 Å². The van der Waals surface area contributed by atoms with Gasteiger partial charge in [-0.1, -0.05) is 45.2 Å². The van der Waals surface area contributed by atoms with Crippen LogP contribution in [-0.4, -0.2) is 8.42 Å². The van der Waals surface area contributed by atoms with Crippen LogP contribution in [0.15, 0.2) is 39.7 Å². The highest BCUT2D eigenvalue weighted by atomic mass is 79.9. The van der Waals surface area contributed by atoms with Gasteiger partial charge in [-0.3, -0.25) is 4.72 Å². The van der Waals surface area contributed by atoms with Crippen LogP contribution in [0.1, 0.15) is 11.1 Å². The lowest BCUT2D eigenvalue weighted by molar-refractivity contribution is 0.601. The third-order valence-electron chi connectivity index (χ3n) is 2.99. The fourth-order valence-corrected chi connectivity index (χ4v) is 4.79. The SMILES string of the molecule is Cc1ccc(NS(=O)(=O)c2c(Cl)cc(Br)cc2Cl)cc1C. The molecule has 2 aromatic rings. The van der Waals surface area contributed by atoms with Gasteiger partial charge in [-0.25, -0.2) is 8.42 Å². The van der Waals surface area contributed by atoms with Gasteiger partial charge in [-0.05, 0) is 49.2 Å². The van der Waals surface area contributed by atoms with Gasteiger partial charge >= 0.3 is 0 Å². The fraction of sp³-hybridized carbons (Fsp3) is 0.143. The van der Waals surface area contributed by atoms with E-state index in [1.165, 1.54) is 12.1 Å². The highest BCUT2D eigenvalue weighted by molar-refractivity contribution is 9.10. The smallest absolute Gasteiger partial charge is 0.264 e. The Hall–Kier alpha value is -0.750. The Morgan fingerprint density at radius 3 is 2.10 bits per heavy atom. The molecule has 21 heavy (non-hydrogen) atoms. The molecule has 0 radical (unpaired) electrons. The van der Waals surface area contributed by atoms with Gasteiger partial charge in [0.15, 0.2) is 0 Å². The van der Waals surface area contributed by atoms with Crippen LogP contribution in [-0.2, 0) is 10.0 Å². The van der Waals surface area contributed by atoms with Gasteiger partial charge in [-0.2, -0.15) is 0 Å². The van der Waals surface area contributed by atoms with Crippen molar-refractivity contribution in [2.75, 3.05) is 4.72 Å². The minimum Gasteiger partial charge on any atom is -0.280 e. The highest BCUT2D eigenvalue weighted by Crippen LogP contribution is 2.34. The summed E-state index contributed by atoms with van der Waals surface area (Å²) in [4.78, 5) is -0.132. The normalized spacial score (nSPS) is 11.5. The van der Waals surface area contributed by atoms with E-state index < -0.39 is 10.0 Å². The first-order valence-electron chi connectivity index (χ1n) is 5.95. The predicted octanol–water partition coefficient (Wildman–Crippen LogP) is 5.17. The maximum atomic E-state index is 12.5. The van der Waals surface area contributed by atoms with Gasteiger partial charge in [0.25, 0.3) is 10.0 Å². The zero-order chi connectivity index (χ0) is 15.8. The average molecular weight is 409 g/mol. The van der Waals surface area contributed by atoms with Crippen molar-refractivity contribution >= 4 is 54.8 Å². The van der Waals surface area contributed by atoms with Gasteiger partial charge in [-0.15, -0.1) is 0 Å². The molecule has 0 saturated carbocycles. The number of anilines is 1. The van der Waals surface area contributed by atoms with Crippen molar-refractivity contribution in [1.29, 1.82) is 0 Å². The maximum absolute atomic E-state index is 12.5. The summed E-state index contributed by atoms with van der Waals surface area (Å²) in [5, 5.41) is 0.122. The number of nitrogens with one attached hydrogen (secondary N) is 1. The molecule has 0 saturated heterocycles. The molecule has 0 unspecified atom stereocenters. The van der Waals surface area contributed by atoms with E-state index >= 15 is 0 Å². The quantitative estimate of drug-likeness (QED) is 0.760. The minimum absolute atomic E-state index is 0.0608. The van der Waals surface area contributed by atoms with E-state index in [-0.39, 0.29) is 14.9 Å². The Labute approximate surface area is 142 Å². The number of benzene rings is 2. The molecule has 0 heterocycles. The van der Waals surface area contributed by atoms with Gasteiger partial charge in [0.1, 0.15) is 4.90 Å². The number of aryl methyl sites for hydroxylation is 2. The Balaban J connectivity index is 2.46. The molecule has 7 heteroatoms. The van der Waals surface area contributed by atoms with Crippen molar-refractivity contribution in [2.45, 2.75) is 18.7 Å². The van der Waals surface area contributed by atoms with Crippen molar-refractivity contribution in [3.63, 3.8) is 0 Å². The lowest BCUT2D eigenvalue weighted by Crippen LogP contribution is -2.14. The molecule has 1 N–H and O–H groups in total. The fourth-order valence-electron chi connectivity index (χ4n) is 1.80. The summed E-state index contributed by atoms with van der Waals surface area (Å²) in [7, 11) is -3.86. The summed E-state index contributed by atoms with van der Waals surface area (Å²) in [5.41, 5.74) is 2.54. The molecular weight excluding hydrogens is 397 g/mol. The summed E-state index contributed by atoms with van der Waals surface area (Å²) >= 11 is 15.2. The molecule has 2 rings (SSSR count). The number of rotatable bonds is 3. The lowest BCUT2D eigenvalue weighted by Gasteiger charge is -2.12. The molecule has 0 spiro atoms.